The van der Waals surface area contributed by atoms with Crippen LogP contribution in [-0.2, 0) is 13.1 Å². The number of nitrogens with one attached hydrogen (secondary N) is 2. The number of rotatable bonds is 8. The van der Waals surface area contributed by atoms with Gasteiger partial charge in [-0.25, -0.2) is 9.67 Å². The van der Waals surface area contributed by atoms with Gasteiger partial charge in [-0.1, -0.05) is 36.9 Å². The van der Waals surface area contributed by atoms with E-state index in [0.717, 1.165) is 34.1 Å². The summed E-state index contributed by atoms with van der Waals surface area (Å²) in [5.74, 6) is 2.35. The van der Waals surface area contributed by atoms with Crippen LogP contribution in [0.5, 0.6) is 5.75 Å². The lowest BCUT2D eigenvalue weighted by Gasteiger charge is -2.14. The molecule has 0 saturated carbocycles. The average molecular weight is 532 g/mol. The fourth-order valence-corrected chi connectivity index (χ4v) is 3.03. The summed E-state index contributed by atoms with van der Waals surface area (Å²) in [5, 5.41) is 11.1. The summed E-state index contributed by atoms with van der Waals surface area (Å²) in [6.07, 6.45) is 3.59. The molecule has 2 heterocycles. The van der Waals surface area contributed by atoms with Crippen molar-refractivity contribution in [1.82, 2.24) is 25.4 Å². The smallest absolute Gasteiger partial charge is 0.191 e. The number of hydrogen-bond acceptors (Lipinski definition) is 4. The van der Waals surface area contributed by atoms with Gasteiger partial charge in [-0.05, 0) is 37.6 Å². The van der Waals surface area contributed by atoms with E-state index < -0.39 is 0 Å². The lowest BCUT2D eigenvalue weighted by molar-refractivity contribution is 0.358. The Morgan fingerprint density at radius 1 is 1.16 bits per heavy atom. The zero-order chi connectivity index (χ0) is 21.3. The van der Waals surface area contributed by atoms with Gasteiger partial charge in [0.05, 0.1) is 5.69 Å². The van der Waals surface area contributed by atoms with Gasteiger partial charge in [-0.3, -0.25) is 4.99 Å². The molecule has 3 rings (SSSR count). The fraction of sp³-hybridized carbons (Fsp3) is 0.261. The number of halogens is 1. The van der Waals surface area contributed by atoms with Crippen LogP contribution in [0, 0.1) is 13.8 Å². The zero-order valence-corrected chi connectivity index (χ0v) is 20.5. The highest BCUT2D eigenvalue weighted by atomic mass is 127. The number of ether oxygens (including phenoxy) is 1. The Bertz CT molecular complexity index is 1010. The molecule has 2 N–H and O–H groups in total. The molecular weight excluding hydrogens is 503 g/mol. The van der Waals surface area contributed by atoms with Gasteiger partial charge in [0.25, 0.3) is 0 Å². The van der Waals surface area contributed by atoms with Gasteiger partial charge >= 0.3 is 0 Å². The van der Waals surface area contributed by atoms with Crippen molar-refractivity contribution in [3.63, 3.8) is 0 Å². The third-order valence-corrected chi connectivity index (χ3v) is 4.49. The van der Waals surface area contributed by atoms with Crippen LogP contribution in [0.4, 0.5) is 0 Å². The second kappa shape index (κ2) is 12.1. The van der Waals surface area contributed by atoms with Crippen LogP contribution in [0.25, 0.3) is 5.82 Å². The van der Waals surface area contributed by atoms with E-state index in [0.29, 0.717) is 25.7 Å². The minimum atomic E-state index is 0. The molecule has 3 aromatic rings. The van der Waals surface area contributed by atoms with Gasteiger partial charge in [-0.15, -0.1) is 24.0 Å². The molecule has 0 fully saturated rings. The molecule has 8 heteroatoms. The lowest BCUT2D eigenvalue weighted by atomic mass is 10.2. The van der Waals surface area contributed by atoms with E-state index in [4.69, 9.17) is 4.74 Å². The molecule has 7 nitrogen and oxygen atoms in total. The monoisotopic (exact) mass is 532 g/mol. The first-order valence-corrected chi connectivity index (χ1v) is 9.85. The van der Waals surface area contributed by atoms with E-state index in [1.165, 1.54) is 0 Å². The summed E-state index contributed by atoms with van der Waals surface area (Å²) in [7, 11) is 1.75. The minimum Gasteiger partial charge on any atom is -0.489 e. The molecule has 0 spiro atoms. The predicted molar refractivity (Wildman–Crippen MR) is 135 cm³/mol. The molecule has 0 saturated heterocycles. The van der Waals surface area contributed by atoms with Crippen molar-refractivity contribution in [2.45, 2.75) is 26.9 Å². The van der Waals surface area contributed by atoms with Crippen molar-refractivity contribution in [2.24, 2.45) is 4.99 Å². The summed E-state index contributed by atoms with van der Waals surface area (Å²) >= 11 is 0. The van der Waals surface area contributed by atoms with Crippen molar-refractivity contribution in [3.8, 4) is 11.6 Å². The molecule has 0 unspecified atom stereocenters. The number of nitrogens with zero attached hydrogens (tertiary/aromatic N) is 4. The van der Waals surface area contributed by atoms with Crippen LogP contribution in [0.15, 0.2) is 66.3 Å². The normalized spacial score (nSPS) is 10.9. The maximum atomic E-state index is 5.71. The number of pyridine rings is 1. The van der Waals surface area contributed by atoms with Crippen molar-refractivity contribution in [1.29, 1.82) is 0 Å². The second-order valence-corrected chi connectivity index (χ2v) is 6.85. The Morgan fingerprint density at radius 3 is 2.58 bits per heavy atom. The molecule has 1 aromatic carbocycles. The number of para-hydroxylation sites is 1. The van der Waals surface area contributed by atoms with Crippen molar-refractivity contribution in [3.05, 3.63) is 83.8 Å². The highest BCUT2D eigenvalue weighted by Gasteiger charge is 2.06. The van der Waals surface area contributed by atoms with Crippen molar-refractivity contribution < 1.29 is 4.74 Å². The second-order valence-electron chi connectivity index (χ2n) is 6.85. The van der Waals surface area contributed by atoms with Crippen molar-refractivity contribution in [2.75, 3.05) is 13.7 Å². The summed E-state index contributed by atoms with van der Waals surface area (Å²) in [4.78, 5) is 8.83. The van der Waals surface area contributed by atoms with E-state index in [2.05, 4.69) is 32.3 Å². The number of aliphatic imine (C=N–C) groups is 1. The predicted octanol–water partition coefficient (Wildman–Crippen LogP) is 3.93. The Morgan fingerprint density at radius 2 is 1.94 bits per heavy atom. The highest BCUT2D eigenvalue weighted by Crippen LogP contribution is 2.17. The number of benzene rings is 1. The largest absolute Gasteiger partial charge is 0.489 e. The number of hydrogen-bond donors (Lipinski definition) is 2. The van der Waals surface area contributed by atoms with Gasteiger partial charge in [-0.2, -0.15) is 5.10 Å². The summed E-state index contributed by atoms with van der Waals surface area (Å²) in [5.41, 5.74) is 4.15. The molecule has 0 atom stereocenters. The first-order chi connectivity index (χ1) is 14.6. The topological polar surface area (TPSA) is 76.4 Å². The van der Waals surface area contributed by atoms with Crippen LogP contribution in [-0.4, -0.2) is 34.4 Å². The van der Waals surface area contributed by atoms with Gasteiger partial charge in [0.15, 0.2) is 11.8 Å². The molecule has 164 valence electrons. The number of guanidine groups is 1. The first-order valence-electron chi connectivity index (χ1n) is 9.85. The van der Waals surface area contributed by atoms with Crippen LogP contribution in [0.1, 0.15) is 22.5 Å². The minimum absolute atomic E-state index is 0. The van der Waals surface area contributed by atoms with E-state index in [-0.39, 0.29) is 24.0 Å². The Balaban J connectivity index is 0.00000341. The van der Waals surface area contributed by atoms with E-state index in [1.54, 1.807) is 13.1 Å². The molecule has 0 aliphatic carbocycles. The third kappa shape index (κ3) is 6.81. The molecule has 0 amide bonds. The maximum absolute atomic E-state index is 5.71. The van der Waals surface area contributed by atoms with E-state index in [9.17, 15) is 0 Å². The SMILES string of the molecule is C=CCOc1ccccc1CNC(=NC)NCc1ccc(-n2nc(C)cc2C)nc1.I. The Hall–Kier alpha value is -2.88. The number of aryl methyl sites for hydroxylation is 2. The van der Waals surface area contributed by atoms with Crippen molar-refractivity contribution >= 4 is 29.9 Å². The number of aromatic nitrogens is 3. The molecule has 0 aliphatic heterocycles. The quantitative estimate of drug-likeness (QED) is 0.199. The van der Waals surface area contributed by atoms with Crippen LogP contribution in [0.2, 0.25) is 0 Å². The standard InChI is InChI=1S/C23H28N6O.HI/c1-5-12-30-21-9-7-6-8-20(21)16-27-23(24-4)26-15-19-10-11-22(25-14-19)29-18(3)13-17(2)28-29;/h5-11,13-14H,1,12,15-16H2,2-4H3,(H2,24,26,27);1H. The Labute approximate surface area is 200 Å². The lowest BCUT2D eigenvalue weighted by Crippen LogP contribution is -2.36. The van der Waals surface area contributed by atoms with Gasteiger partial charge in [0, 0.05) is 37.6 Å². The van der Waals surface area contributed by atoms with E-state index >= 15 is 0 Å². The van der Waals surface area contributed by atoms with Gasteiger partial charge in [0.2, 0.25) is 0 Å². The fourth-order valence-electron chi connectivity index (χ4n) is 3.03. The summed E-state index contributed by atoms with van der Waals surface area (Å²) < 4.78 is 7.55. The van der Waals surface area contributed by atoms with Gasteiger partial charge in [0.1, 0.15) is 12.4 Å². The zero-order valence-electron chi connectivity index (χ0n) is 18.1. The van der Waals surface area contributed by atoms with Crippen LogP contribution in [0.3, 0.4) is 0 Å². The van der Waals surface area contributed by atoms with Crippen LogP contribution < -0.4 is 15.4 Å². The van der Waals surface area contributed by atoms with E-state index in [1.807, 2.05) is 67.2 Å². The first kappa shape index (κ1) is 24.4. The summed E-state index contributed by atoms with van der Waals surface area (Å²) in [6, 6.07) is 14.0. The van der Waals surface area contributed by atoms with Crippen LogP contribution >= 0.6 is 24.0 Å². The maximum Gasteiger partial charge on any atom is 0.191 e. The molecule has 0 radical (unpaired) electrons. The molecule has 2 aromatic heterocycles. The molecule has 0 bridgehead atoms. The highest BCUT2D eigenvalue weighted by molar-refractivity contribution is 14.0. The third-order valence-electron chi connectivity index (χ3n) is 4.49. The molecular formula is C23H29IN6O. The Kier molecular flexibility index (Phi) is 9.51. The molecule has 31 heavy (non-hydrogen) atoms. The summed E-state index contributed by atoms with van der Waals surface area (Å²) in [6.45, 7) is 9.38. The molecule has 0 aliphatic rings. The van der Waals surface area contributed by atoms with Gasteiger partial charge < -0.3 is 15.4 Å². The average Bonchev–Trinajstić information content (AvgIpc) is 3.11.